The number of rotatable bonds is 33. The molecule has 0 saturated heterocycles. The molecule has 0 aliphatic carbocycles. The number of hydrogen-bond acceptors (Lipinski definition) is 7. The largest absolute Gasteiger partial charge is 0.477 e. The highest BCUT2D eigenvalue weighted by Gasteiger charge is 2.25. The van der Waals surface area contributed by atoms with Crippen molar-refractivity contribution in [1.82, 2.24) is 0 Å². The van der Waals surface area contributed by atoms with E-state index < -0.39 is 24.3 Å². The zero-order valence-electron chi connectivity index (χ0n) is 30.7. The fraction of sp³-hybridized carbons (Fsp3) is 0.816. The Morgan fingerprint density at radius 3 is 1.70 bits per heavy atom. The van der Waals surface area contributed by atoms with Crippen molar-refractivity contribution < 1.29 is 42.9 Å². The van der Waals surface area contributed by atoms with Crippen LogP contribution in [0.2, 0.25) is 0 Å². The molecule has 0 radical (unpaired) electrons. The Hall–Kier alpha value is -2.23. The van der Waals surface area contributed by atoms with E-state index in [4.69, 9.17) is 18.9 Å². The fourth-order valence-corrected chi connectivity index (χ4v) is 4.75. The molecule has 0 aliphatic heterocycles. The lowest BCUT2D eigenvalue weighted by molar-refractivity contribution is -0.870. The first-order chi connectivity index (χ1) is 22.6. The van der Waals surface area contributed by atoms with E-state index in [2.05, 4.69) is 38.2 Å². The van der Waals surface area contributed by atoms with Gasteiger partial charge in [0.2, 0.25) is 0 Å². The molecule has 0 spiro atoms. The van der Waals surface area contributed by atoms with Gasteiger partial charge in [0.15, 0.2) is 6.10 Å². The number of carbonyl (C=O) groups excluding carboxylic acids is 2. The topological polar surface area (TPSA) is 108 Å². The third kappa shape index (κ3) is 32.1. The van der Waals surface area contributed by atoms with Gasteiger partial charge in [-0.25, -0.2) is 4.79 Å². The first kappa shape index (κ1) is 44.8. The molecule has 9 heteroatoms. The number of allylic oxidation sites excluding steroid dienone is 4. The number of unbranched alkanes of at least 4 members (excludes halogenated alkanes) is 14. The van der Waals surface area contributed by atoms with Gasteiger partial charge in [0.25, 0.3) is 6.29 Å². The average molecular weight is 669 g/mol. The van der Waals surface area contributed by atoms with Crippen LogP contribution in [-0.2, 0) is 33.3 Å². The Morgan fingerprint density at radius 1 is 0.638 bits per heavy atom. The van der Waals surface area contributed by atoms with Gasteiger partial charge in [-0.15, -0.1) is 0 Å². The minimum absolute atomic E-state index is 0.186. The summed E-state index contributed by atoms with van der Waals surface area (Å²) >= 11 is 0. The molecule has 0 fully saturated rings. The van der Waals surface area contributed by atoms with E-state index in [-0.39, 0.29) is 32.2 Å². The van der Waals surface area contributed by atoms with Gasteiger partial charge in [-0.1, -0.05) is 109 Å². The number of carboxylic acids is 1. The molecular formula is C38H70NO8+. The number of aliphatic carboxylic acids is 1. The third-order valence-corrected chi connectivity index (χ3v) is 7.71. The minimum Gasteiger partial charge on any atom is -0.477 e. The highest BCUT2D eigenvalue weighted by Crippen LogP contribution is 2.12. The van der Waals surface area contributed by atoms with Crippen molar-refractivity contribution in [3.63, 3.8) is 0 Å². The molecule has 2 atom stereocenters. The van der Waals surface area contributed by atoms with Crippen molar-refractivity contribution in [2.45, 2.75) is 155 Å². The lowest BCUT2D eigenvalue weighted by Gasteiger charge is -2.25. The van der Waals surface area contributed by atoms with Gasteiger partial charge in [0, 0.05) is 12.8 Å². The Bertz CT molecular complexity index is 836. The minimum atomic E-state index is -1.51. The van der Waals surface area contributed by atoms with Crippen LogP contribution in [0.15, 0.2) is 24.3 Å². The number of nitrogens with zero attached hydrogens (tertiary/aromatic N) is 1. The van der Waals surface area contributed by atoms with Gasteiger partial charge in [-0.3, -0.25) is 9.59 Å². The molecular weight excluding hydrogens is 598 g/mol. The SMILES string of the molecule is CCCCCC/C=C\C/C=C\CCCCCCCC(=O)OC(COC(=O)CCCCCCCC)COC(OCC[N+](C)(C)C)C(=O)O. The van der Waals surface area contributed by atoms with Crippen LogP contribution in [-0.4, -0.2) is 87.4 Å². The molecule has 0 aromatic rings. The van der Waals surface area contributed by atoms with Crippen molar-refractivity contribution in [1.29, 1.82) is 0 Å². The van der Waals surface area contributed by atoms with Crippen LogP contribution in [0, 0.1) is 0 Å². The standard InChI is InChI=1S/C38H69NO8/c1-6-8-10-12-14-15-16-17-18-19-20-21-22-23-25-27-29-36(41)47-34(32-45-35(40)28-26-24-13-11-9-7-2)33-46-38(37(42)43)44-31-30-39(3,4)5/h15-16,18-19,34,38H,6-14,17,20-33H2,1-5H3/p+1/b16-15-,19-18-. The molecule has 47 heavy (non-hydrogen) atoms. The Balaban J connectivity index is 4.50. The lowest BCUT2D eigenvalue weighted by atomic mass is 10.1. The lowest BCUT2D eigenvalue weighted by Crippen LogP contribution is -2.40. The van der Waals surface area contributed by atoms with E-state index in [9.17, 15) is 19.5 Å². The second kappa shape index (κ2) is 31.1. The molecule has 0 aromatic heterocycles. The van der Waals surface area contributed by atoms with Crippen molar-refractivity contribution in [3.05, 3.63) is 24.3 Å². The number of esters is 2. The summed E-state index contributed by atoms with van der Waals surface area (Å²) in [5, 5.41) is 9.54. The quantitative estimate of drug-likeness (QED) is 0.0244. The molecule has 0 rings (SSSR count). The van der Waals surface area contributed by atoms with Crippen LogP contribution in [0.25, 0.3) is 0 Å². The van der Waals surface area contributed by atoms with Crippen LogP contribution < -0.4 is 0 Å². The smallest absolute Gasteiger partial charge is 0.361 e. The Morgan fingerprint density at radius 2 is 1.15 bits per heavy atom. The maximum atomic E-state index is 12.6. The molecule has 0 saturated carbocycles. The molecule has 0 amide bonds. The van der Waals surface area contributed by atoms with Crippen molar-refractivity contribution in [3.8, 4) is 0 Å². The van der Waals surface area contributed by atoms with Crippen LogP contribution >= 0.6 is 0 Å². The maximum absolute atomic E-state index is 12.6. The monoisotopic (exact) mass is 669 g/mol. The van der Waals surface area contributed by atoms with E-state index in [1.54, 1.807) is 0 Å². The molecule has 0 aromatic carbocycles. The maximum Gasteiger partial charge on any atom is 0.361 e. The summed E-state index contributed by atoms with van der Waals surface area (Å²) in [5.74, 6) is -2.04. The number of carbonyl (C=O) groups is 3. The highest BCUT2D eigenvalue weighted by molar-refractivity contribution is 5.71. The summed E-state index contributed by atoms with van der Waals surface area (Å²) in [6.07, 6.45) is 26.9. The number of carboxylic acid groups (broad SMARTS) is 1. The summed E-state index contributed by atoms with van der Waals surface area (Å²) in [5.41, 5.74) is 0. The molecule has 0 bridgehead atoms. The third-order valence-electron chi connectivity index (χ3n) is 7.71. The van der Waals surface area contributed by atoms with Crippen LogP contribution in [0.1, 0.15) is 142 Å². The average Bonchev–Trinajstić information content (AvgIpc) is 3.02. The van der Waals surface area contributed by atoms with Gasteiger partial charge >= 0.3 is 17.9 Å². The number of likely N-dealkylation sites (N-methyl/N-ethyl adjacent to an activating group) is 1. The zero-order valence-corrected chi connectivity index (χ0v) is 30.7. The molecule has 1 N–H and O–H groups in total. The summed E-state index contributed by atoms with van der Waals surface area (Å²) in [7, 11) is 5.93. The Labute approximate surface area is 287 Å². The molecule has 0 heterocycles. The van der Waals surface area contributed by atoms with E-state index in [0.29, 0.717) is 23.9 Å². The van der Waals surface area contributed by atoms with Crippen LogP contribution in [0.4, 0.5) is 0 Å². The number of hydrogen-bond donors (Lipinski definition) is 1. The molecule has 9 nitrogen and oxygen atoms in total. The summed E-state index contributed by atoms with van der Waals surface area (Å²) in [6, 6.07) is 0. The number of ether oxygens (including phenoxy) is 4. The predicted molar refractivity (Wildman–Crippen MR) is 189 cm³/mol. The van der Waals surface area contributed by atoms with Gasteiger partial charge in [-0.05, 0) is 44.9 Å². The summed E-state index contributed by atoms with van der Waals surface area (Å²) in [4.78, 5) is 36.6. The first-order valence-electron chi connectivity index (χ1n) is 18.5. The van der Waals surface area contributed by atoms with Gasteiger partial charge < -0.3 is 28.5 Å². The van der Waals surface area contributed by atoms with Gasteiger partial charge in [0.1, 0.15) is 13.2 Å². The van der Waals surface area contributed by atoms with E-state index in [1.807, 2.05) is 21.1 Å². The number of quaternary nitrogens is 1. The highest BCUT2D eigenvalue weighted by atomic mass is 16.7. The summed E-state index contributed by atoms with van der Waals surface area (Å²) in [6.45, 7) is 4.74. The first-order valence-corrected chi connectivity index (χ1v) is 18.5. The summed E-state index contributed by atoms with van der Waals surface area (Å²) < 4.78 is 22.5. The van der Waals surface area contributed by atoms with Crippen LogP contribution in [0.3, 0.4) is 0 Å². The normalized spacial score (nSPS) is 13.3. The van der Waals surface area contributed by atoms with Crippen molar-refractivity contribution in [2.75, 3.05) is 47.5 Å². The molecule has 0 aliphatic rings. The van der Waals surface area contributed by atoms with Gasteiger partial charge in [-0.2, -0.15) is 0 Å². The molecule has 274 valence electrons. The zero-order chi connectivity index (χ0) is 35.0. The molecule has 2 unspecified atom stereocenters. The van der Waals surface area contributed by atoms with E-state index >= 15 is 0 Å². The second-order valence-corrected chi connectivity index (χ2v) is 13.5. The van der Waals surface area contributed by atoms with E-state index in [0.717, 1.165) is 64.2 Å². The Kier molecular flexibility index (Phi) is 29.6. The van der Waals surface area contributed by atoms with Gasteiger partial charge in [0.05, 0.1) is 34.4 Å². The second-order valence-electron chi connectivity index (χ2n) is 13.5. The van der Waals surface area contributed by atoms with Crippen molar-refractivity contribution >= 4 is 17.9 Å². The fourth-order valence-electron chi connectivity index (χ4n) is 4.75. The van der Waals surface area contributed by atoms with Crippen LogP contribution in [0.5, 0.6) is 0 Å². The van der Waals surface area contributed by atoms with Crippen molar-refractivity contribution in [2.24, 2.45) is 0 Å². The predicted octanol–water partition coefficient (Wildman–Crippen LogP) is 8.55. The van der Waals surface area contributed by atoms with E-state index in [1.165, 1.54) is 44.9 Å².